The molecule has 0 amide bonds. The van der Waals surface area contributed by atoms with Crippen molar-refractivity contribution >= 4 is 0 Å². The number of benzene rings is 1. The molecule has 2 nitrogen and oxygen atoms in total. The molecule has 0 aromatic heterocycles. The number of nitrogens with zero attached hydrogens (tertiary/aromatic N) is 1. The van der Waals surface area contributed by atoms with Gasteiger partial charge in [-0.25, -0.2) is 4.39 Å². The quantitative estimate of drug-likeness (QED) is 0.894. The zero-order valence-electron chi connectivity index (χ0n) is 11.5. The second-order valence-corrected chi connectivity index (χ2v) is 5.46. The molecule has 0 bridgehead atoms. The van der Waals surface area contributed by atoms with Gasteiger partial charge in [0.15, 0.2) is 0 Å². The van der Waals surface area contributed by atoms with Gasteiger partial charge in [0.2, 0.25) is 0 Å². The van der Waals surface area contributed by atoms with E-state index in [-0.39, 0.29) is 11.4 Å². The van der Waals surface area contributed by atoms with E-state index in [0.29, 0.717) is 24.1 Å². The van der Waals surface area contributed by atoms with Crippen molar-refractivity contribution in [3.05, 3.63) is 35.1 Å². The molecule has 3 heteroatoms. The molecule has 1 N–H and O–H groups in total. The van der Waals surface area contributed by atoms with Crippen molar-refractivity contribution in [2.24, 2.45) is 5.92 Å². The minimum Gasteiger partial charge on any atom is -0.310 e. The Morgan fingerprint density at radius 1 is 1.37 bits per heavy atom. The molecule has 0 unspecified atom stereocenters. The Bertz CT molecular complexity index is 458. The van der Waals surface area contributed by atoms with Gasteiger partial charge >= 0.3 is 0 Å². The highest BCUT2D eigenvalue weighted by Gasteiger charge is 2.19. The van der Waals surface area contributed by atoms with E-state index in [2.05, 4.69) is 12.2 Å². The van der Waals surface area contributed by atoms with Crippen molar-refractivity contribution in [2.75, 3.05) is 0 Å². The standard InChI is InChI=1S/C16H21FN2/c1-12(13-6-3-2-4-7-13)19-11-15-9-5-8-14(10-18)16(15)17/h5,8-9,12-13,19H,2-4,6-7,11H2,1H3/t12-/m0/s1. The van der Waals surface area contributed by atoms with Crippen LogP contribution >= 0.6 is 0 Å². The van der Waals surface area contributed by atoms with Gasteiger partial charge in [-0.15, -0.1) is 0 Å². The van der Waals surface area contributed by atoms with Crippen molar-refractivity contribution < 1.29 is 4.39 Å². The molecule has 1 aromatic rings. The maximum absolute atomic E-state index is 13.9. The van der Waals surface area contributed by atoms with Crippen LogP contribution in [0, 0.1) is 23.1 Å². The lowest BCUT2D eigenvalue weighted by molar-refractivity contribution is 0.280. The normalized spacial score (nSPS) is 17.9. The predicted octanol–water partition coefficient (Wildman–Crippen LogP) is 3.76. The number of nitriles is 1. The molecule has 0 heterocycles. The van der Waals surface area contributed by atoms with Crippen LogP contribution in [0.3, 0.4) is 0 Å². The summed E-state index contributed by atoms with van der Waals surface area (Å²) in [4.78, 5) is 0. The summed E-state index contributed by atoms with van der Waals surface area (Å²) in [6.07, 6.45) is 6.52. The summed E-state index contributed by atoms with van der Waals surface area (Å²) in [5.74, 6) is 0.323. The zero-order valence-corrected chi connectivity index (χ0v) is 11.5. The minimum absolute atomic E-state index is 0.129. The van der Waals surface area contributed by atoms with Crippen LogP contribution < -0.4 is 5.32 Å². The third kappa shape index (κ3) is 3.54. The average Bonchev–Trinajstić information content (AvgIpc) is 2.47. The average molecular weight is 260 g/mol. The van der Waals surface area contributed by atoms with Gasteiger partial charge in [0.1, 0.15) is 11.9 Å². The molecule has 2 rings (SSSR count). The summed E-state index contributed by atoms with van der Waals surface area (Å²) in [6, 6.07) is 7.30. The van der Waals surface area contributed by atoms with Crippen LogP contribution in [0.4, 0.5) is 4.39 Å². The molecule has 1 atom stereocenters. The summed E-state index contributed by atoms with van der Waals surface area (Å²) in [6.45, 7) is 2.68. The molecule has 102 valence electrons. The molecule has 0 saturated heterocycles. The predicted molar refractivity (Wildman–Crippen MR) is 74.0 cm³/mol. The van der Waals surface area contributed by atoms with Crippen LogP contribution in [-0.4, -0.2) is 6.04 Å². The highest BCUT2D eigenvalue weighted by Crippen LogP contribution is 2.26. The number of nitrogens with one attached hydrogen (secondary N) is 1. The van der Waals surface area contributed by atoms with Crippen LogP contribution in [0.2, 0.25) is 0 Å². The lowest BCUT2D eigenvalue weighted by Gasteiger charge is -2.28. The SMILES string of the molecule is C[C@H](NCc1cccc(C#N)c1F)C1CCCCC1. The monoisotopic (exact) mass is 260 g/mol. The number of rotatable bonds is 4. The number of halogens is 1. The van der Waals surface area contributed by atoms with Crippen LogP contribution in [-0.2, 0) is 6.54 Å². The fourth-order valence-electron chi connectivity index (χ4n) is 2.87. The molecule has 1 aliphatic rings. The fourth-order valence-corrected chi connectivity index (χ4v) is 2.87. The molecule has 0 aliphatic heterocycles. The summed E-state index contributed by atoms with van der Waals surface area (Å²) in [5.41, 5.74) is 0.714. The van der Waals surface area contributed by atoms with E-state index >= 15 is 0 Å². The Morgan fingerprint density at radius 2 is 2.11 bits per heavy atom. The van der Waals surface area contributed by atoms with Gasteiger partial charge in [-0.1, -0.05) is 31.4 Å². The van der Waals surface area contributed by atoms with Crippen LogP contribution in [0.15, 0.2) is 18.2 Å². The summed E-state index contributed by atoms with van der Waals surface area (Å²) < 4.78 is 13.9. The fraction of sp³-hybridized carbons (Fsp3) is 0.562. The van der Waals surface area contributed by atoms with Gasteiger partial charge in [0.25, 0.3) is 0 Å². The van der Waals surface area contributed by atoms with E-state index in [1.807, 2.05) is 6.07 Å². The summed E-state index contributed by atoms with van der Waals surface area (Å²) >= 11 is 0. The van der Waals surface area contributed by atoms with Crippen LogP contribution in [0.1, 0.15) is 50.2 Å². The van der Waals surface area contributed by atoms with E-state index in [1.54, 1.807) is 12.1 Å². The van der Waals surface area contributed by atoms with E-state index in [0.717, 1.165) is 0 Å². The molecular weight excluding hydrogens is 239 g/mol. The molecule has 1 aromatic carbocycles. The van der Waals surface area contributed by atoms with Crippen LogP contribution in [0.5, 0.6) is 0 Å². The Hall–Kier alpha value is -1.40. The molecule has 1 aliphatic carbocycles. The van der Waals surface area contributed by atoms with E-state index in [1.165, 1.54) is 38.2 Å². The Balaban J connectivity index is 1.93. The molecule has 0 spiro atoms. The molecular formula is C16H21FN2. The summed E-state index contributed by atoms with van der Waals surface area (Å²) in [5, 5.41) is 12.2. The lowest BCUT2D eigenvalue weighted by atomic mass is 9.84. The molecule has 1 fully saturated rings. The number of hydrogen-bond acceptors (Lipinski definition) is 2. The highest BCUT2D eigenvalue weighted by molar-refractivity contribution is 5.34. The first-order valence-corrected chi connectivity index (χ1v) is 7.13. The molecule has 0 radical (unpaired) electrons. The van der Waals surface area contributed by atoms with Crippen molar-refractivity contribution in [3.8, 4) is 6.07 Å². The Morgan fingerprint density at radius 3 is 2.79 bits per heavy atom. The highest BCUT2D eigenvalue weighted by atomic mass is 19.1. The Labute approximate surface area is 114 Å². The van der Waals surface area contributed by atoms with Gasteiger partial charge < -0.3 is 5.32 Å². The van der Waals surface area contributed by atoms with Gasteiger partial charge in [-0.2, -0.15) is 5.26 Å². The van der Waals surface area contributed by atoms with E-state index in [4.69, 9.17) is 5.26 Å². The third-order valence-corrected chi connectivity index (χ3v) is 4.17. The largest absolute Gasteiger partial charge is 0.310 e. The van der Waals surface area contributed by atoms with Crippen LogP contribution in [0.25, 0.3) is 0 Å². The second-order valence-electron chi connectivity index (χ2n) is 5.46. The maximum Gasteiger partial charge on any atom is 0.145 e. The minimum atomic E-state index is -0.381. The van der Waals surface area contributed by atoms with E-state index < -0.39 is 0 Å². The van der Waals surface area contributed by atoms with Gasteiger partial charge in [0, 0.05) is 18.2 Å². The number of hydrogen-bond donors (Lipinski definition) is 1. The van der Waals surface area contributed by atoms with Gasteiger partial charge in [-0.05, 0) is 31.7 Å². The molecule has 1 saturated carbocycles. The smallest absolute Gasteiger partial charge is 0.145 e. The topological polar surface area (TPSA) is 35.8 Å². The zero-order chi connectivity index (χ0) is 13.7. The summed E-state index contributed by atoms with van der Waals surface area (Å²) in [7, 11) is 0. The van der Waals surface area contributed by atoms with Gasteiger partial charge in [-0.3, -0.25) is 0 Å². The second kappa shape index (κ2) is 6.68. The lowest BCUT2D eigenvalue weighted by Crippen LogP contribution is -2.34. The van der Waals surface area contributed by atoms with Crippen molar-refractivity contribution in [1.82, 2.24) is 5.32 Å². The first-order valence-electron chi connectivity index (χ1n) is 7.13. The first-order chi connectivity index (χ1) is 9.22. The van der Waals surface area contributed by atoms with Crippen molar-refractivity contribution in [2.45, 2.75) is 51.6 Å². The first kappa shape index (κ1) is 14.0. The van der Waals surface area contributed by atoms with Crippen molar-refractivity contribution in [3.63, 3.8) is 0 Å². The molecule has 19 heavy (non-hydrogen) atoms. The Kier molecular flexibility index (Phi) is 4.93. The van der Waals surface area contributed by atoms with Crippen molar-refractivity contribution in [1.29, 1.82) is 5.26 Å². The maximum atomic E-state index is 13.9. The van der Waals surface area contributed by atoms with E-state index in [9.17, 15) is 4.39 Å². The third-order valence-electron chi connectivity index (χ3n) is 4.17. The van der Waals surface area contributed by atoms with Gasteiger partial charge in [0.05, 0.1) is 5.56 Å².